The predicted molar refractivity (Wildman–Crippen MR) is 344 cm³/mol. The van der Waals surface area contributed by atoms with Crippen molar-refractivity contribution in [2.45, 2.75) is 374 Å². The summed E-state index contributed by atoms with van der Waals surface area (Å²) in [6, 6.07) is 0. The second-order valence-corrected chi connectivity index (χ2v) is 23.4. The maximum absolute atomic E-state index is 13.0. The summed E-state index contributed by atoms with van der Waals surface area (Å²) in [4.78, 5) is 38.5. The van der Waals surface area contributed by atoms with E-state index in [4.69, 9.17) is 14.2 Å². The van der Waals surface area contributed by atoms with Gasteiger partial charge < -0.3 is 14.2 Å². The SMILES string of the molecule is CCCCC/C=C\C/C=C\C/C=C\CCCCCCCCC(=O)OCC(COC(=O)CCCCCCCCCCC/C=C\CCCCCCCCCC)OC(=O)CCCCCCCCCCC/C=C\CCCCCCCCCC. The summed E-state index contributed by atoms with van der Waals surface area (Å²) in [5.41, 5.74) is 0. The number of ether oxygens (including phenoxy) is 3. The molecule has 0 amide bonds. The smallest absolute Gasteiger partial charge is 0.306 e. The van der Waals surface area contributed by atoms with Crippen LogP contribution in [-0.2, 0) is 28.6 Å². The lowest BCUT2D eigenvalue weighted by atomic mass is 10.1. The first-order valence-corrected chi connectivity index (χ1v) is 34.8. The van der Waals surface area contributed by atoms with Crippen molar-refractivity contribution in [2.24, 2.45) is 0 Å². The van der Waals surface area contributed by atoms with E-state index >= 15 is 0 Å². The zero-order chi connectivity index (χ0) is 57.1. The third kappa shape index (κ3) is 65.8. The fourth-order valence-electron chi connectivity index (χ4n) is 10.2. The number of unbranched alkanes of at least 4 members (excludes halogenated alkanes) is 43. The van der Waals surface area contributed by atoms with Gasteiger partial charge in [0.15, 0.2) is 6.10 Å². The number of hydrogen-bond acceptors (Lipinski definition) is 6. The molecule has 0 N–H and O–H groups in total. The van der Waals surface area contributed by atoms with Crippen molar-refractivity contribution in [1.82, 2.24) is 0 Å². The van der Waals surface area contributed by atoms with E-state index in [1.54, 1.807) is 0 Å². The van der Waals surface area contributed by atoms with Crippen molar-refractivity contribution in [3.8, 4) is 0 Å². The maximum Gasteiger partial charge on any atom is 0.306 e. The van der Waals surface area contributed by atoms with Gasteiger partial charge in [0.1, 0.15) is 13.2 Å². The summed E-state index contributed by atoms with van der Waals surface area (Å²) < 4.78 is 17.0. The Hall–Kier alpha value is -2.89. The molecule has 1 atom stereocenters. The Morgan fingerprint density at radius 3 is 0.747 bits per heavy atom. The van der Waals surface area contributed by atoms with Crippen LogP contribution in [0.5, 0.6) is 0 Å². The minimum atomic E-state index is -0.783. The van der Waals surface area contributed by atoms with E-state index in [0.717, 1.165) is 77.0 Å². The molecule has 0 aromatic rings. The maximum atomic E-state index is 13.0. The number of esters is 3. The number of carbonyl (C=O) groups is 3. The Morgan fingerprint density at radius 2 is 0.456 bits per heavy atom. The molecule has 0 radical (unpaired) electrons. The second kappa shape index (κ2) is 67.6. The molecule has 0 fully saturated rings. The summed E-state index contributed by atoms with van der Waals surface area (Å²) in [6.45, 7) is 6.66. The first kappa shape index (κ1) is 76.1. The summed E-state index contributed by atoms with van der Waals surface area (Å²) in [6.07, 6.45) is 86.6. The van der Waals surface area contributed by atoms with Crippen molar-refractivity contribution in [2.75, 3.05) is 13.2 Å². The third-order valence-corrected chi connectivity index (χ3v) is 15.5. The molecule has 79 heavy (non-hydrogen) atoms. The Labute approximate surface area is 491 Å². The van der Waals surface area contributed by atoms with E-state index in [0.29, 0.717) is 19.3 Å². The highest BCUT2D eigenvalue weighted by Gasteiger charge is 2.19. The van der Waals surface area contributed by atoms with Crippen LogP contribution in [0, 0.1) is 0 Å². The van der Waals surface area contributed by atoms with Crippen LogP contribution in [0.1, 0.15) is 367 Å². The van der Waals surface area contributed by atoms with Gasteiger partial charge in [-0.2, -0.15) is 0 Å². The molecule has 0 aliphatic heterocycles. The van der Waals surface area contributed by atoms with Gasteiger partial charge in [-0.05, 0) is 109 Å². The molecule has 0 aromatic heterocycles. The lowest BCUT2D eigenvalue weighted by Crippen LogP contribution is -2.30. The van der Waals surface area contributed by atoms with Crippen molar-refractivity contribution in [3.05, 3.63) is 60.8 Å². The van der Waals surface area contributed by atoms with E-state index in [9.17, 15) is 14.4 Å². The molecule has 0 saturated carbocycles. The van der Waals surface area contributed by atoms with Gasteiger partial charge in [0.05, 0.1) is 0 Å². The van der Waals surface area contributed by atoms with Crippen LogP contribution in [0.25, 0.3) is 0 Å². The first-order valence-electron chi connectivity index (χ1n) is 34.8. The van der Waals surface area contributed by atoms with Crippen molar-refractivity contribution < 1.29 is 28.6 Å². The lowest BCUT2D eigenvalue weighted by molar-refractivity contribution is -0.167. The van der Waals surface area contributed by atoms with Crippen LogP contribution >= 0.6 is 0 Å². The molecule has 0 aromatic carbocycles. The van der Waals surface area contributed by atoms with Gasteiger partial charge in [0, 0.05) is 19.3 Å². The number of rotatable bonds is 64. The molecule has 0 bridgehead atoms. The quantitative estimate of drug-likeness (QED) is 0.0261. The van der Waals surface area contributed by atoms with Crippen molar-refractivity contribution >= 4 is 17.9 Å². The minimum absolute atomic E-state index is 0.0781. The molecule has 0 aliphatic rings. The van der Waals surface area contributed by atoms with E-state index < -0.39 is 6.10 Å². The fraction of sp³-hybridized carbons (Fsp3) is 0.822. The molecule has 0 rings (SSSR count). The monoisotopic (exact) mass is 1110 g/mol. The van der Waals surface area contributed by atoms with E-state index in [1.165, 1.54) is 250 Å². The summed E-state index contributed by atoms with van der Waals surface area (Å²) in [5, 5.41) is 0. The van der Waals surface area contributed by atoms with Gasteiger partial charge in [0.25, 0.3) is 0 Å². The van der Waals surface area contributed by atoms with E-state index in [2.05, 4.69) is 81.5 Å². The number of allylic oxidation sites excluding steroid dienone is 10. The largest absolute Gasteiger partial charge is 0.462 e. The summed E-state index contributed by atoms with van der Waals surface area (Å²) >= 11 is 0. The molecule has 0 spiro atoms. The van der Waals surface area contributed by atoms with Gasteiger partial charge in [-0.3, -0.25) is 14.4 Å². The first-order chi connectivity index (χ1) is 39.0. The molecule has 6 nitrogen and oxygen atoms in total. The Kier molecular flexibility index (Phi) is 65.1. The average Bonchev–Trinajstić information content (AvgIpc) is 3.45. The van der Waals surface area contributed by atoms with Gasteiger partial charge in [0.2, 0.25) is 0 Å². The van der Waals surface area contributed by atoms with E-state index in [-0.39, 0.29) is 31.1 Å². The Morgan fingerprint density at radius 1 is 0.253 bits per heavy atom. The van der Waals surface area contributed by atoms with Crippen LogP contribution < -0.4 is 0 Å². The van der Waals surface area contributed by atoms with Gasteiger partial charge in [-0.1, -0.05) is 300 Å². The molecular formula is C73H132O6. The summed E-state index contributed by atoms with van der Waals surface area (Å²) in [7, 11) is 0. The third-order valence-electron chi connectivity index (χ3n) is 15.5. The van der Waals surface area contributed by atoms with Crippen molar-refractivity contribution in [3.63, 3.8) is 0 Å². The van der Waals surface area contributed by atoms with Crippen LogP contribution in [0.2, 0.25) is 0 Å². The molecule has 0 saturated heterocycles. The zero-order valence-corrected chi connectivity index (χ0v) is 52.9. The van der Waals surface area contributed by atoms with Crippen molar-refractivity contribution in [1.29, 1.82) is 0 Å². The molecule has 1 unspecified atom stereocenters. The highest BCUT2D eigenvalue weighted by Crippen LogP contribution is 2.17. The number of carbonyl (C=O) groups excluding carboxylic acids is 3. The lowest BCUT2D eigenvalue weighted by Gasteiger charge is -2.18. The van der Waals surface area contributed by atoms with Crippen LogP contribution in [0.4, 0.5) is 0 Å². The molecular weight excluding hydrogens is 973 g/mol. The van der Waals surface area contributed by atoms with Crippen LogP contribution in [0.3, 0.4) is 0 Å². The van der Waals surface area contributed by atoms with Gasteiger partial charge in [-0.15, -0.1) is 0 Å². The molecule has 0 heterocycles. The topological polar surface area (TPSA) is 78.9 Å². The van der Waals surface area contributed by atoms with Gasteiger partial charge >= 0.3 is 17.9 Å². The van der Waals surface area contributed by atoms with E-state index in [1.807, 2.05) is 0 Å². The standard InChI is InChI=1S/C73H132O6/c1-4-7-10-13-16-19-22-25-28-31-34-36-39-42-45-48-51-54-57-60-63-66-72(75)78-69-70(68-77-71(74)65-62-59-56-53-50-47-44-41-38-33-30-27-24-21-18-15-12-9-6-3)79-73(76)67-64-61-58-55-52-49-46-43-40-37-35-32-29-26-23-20-17-14-11-8-5-2/h18,21,27,30-32,34-35,38,41,70H,4-17,19-20,22-26,28-29,33,36-37,39-40,42-69H2,1-3H3/b21-18-,30-27-,34-31-,35-32-,41-38-. The minimum Gasteiger partial charge on any atom is -0.462 e. The highest BCUT2D eigenvalue weighted by atomic mass is 16.6. The Balaban J connectivity index is 4.37. The molecule has 6 heteroatoms. The fourth-order valence-corrected chi connectivity index (χ4v) is 10.2. The molecule has 0 aliphatic carbocycles. The Bertz CT molecular complexity index is 1410. The normalized spacial score (nSPS) is 12.4. The highest BCUT2D eigenvalue weighted by molar-refractivity contribution is 5.71. The second-order valence-electron chi connectivity index (χ2n) is 23.4. The average molecular weight is 1110 g/mol. The van der Waals surface area contributed by atoms with Crippen LogP contribution in [0.15, 0.2) is 60.8 Å². The predicted octanol–water partition coefficient (Wildman–Crippen LogP) is 23.9. The van der Waals surface area contributed by atoms with Crippen LogP contribution in [-0.4, -0.2) is 37.2 Å². The number of hydrogen-bond donors (Lipinski definition) is 0. The summed E-state index contributed by atoms with van der Waals surface area (Å²) in [5.74, 6) is -0.873. The molecule has 460 valence electrons. The zero-order valence-electron chi connectivity index (χ0n) is 52.9. The van der Waals surface area contributed by atoms with Gasteiger partial charge in [-0.25, -0.2) is 0 Å².